The first-order valence-corrected chi connectivity index (χ1v) is 7.32. The number of alkyl halides is 1. The lowest BCUT2D eigenvalue weighted by Gasteiger charge is -2.19. The first kappa shape index (κ1) is 16.1. The number of anilines is 2. The highest BCUT2D eigenvalue weighted by Gasteiger charge is 2.24. The summed E-state index contributed by atoms with van der Waals surface area (Å²) in [5.41, 5.74) is 5.30. The molecule has 1 aromatic carbocycles. The van der Waals surface area contributed by atoms with Gasteiger partial charge in [-0.1, -0.05) is 30.3 Å². The second-order valence-electron chi connectivity index (χ2n) is 5.80. The molecule has 0 aliphatic heterocycles. The van der Waals surface area contributed by atoms with E-state index in [0.717, 1.165) is 19.4 Å². The van der Waals surface area contributed by atoms with Crippen LogP contribution in [0, 0.1) is 0 Å². The van der Waals surface area contributed by atoms with Gasteiger partial charge in [-0.05, 0) is 32.3 Å². The van der Waals surface area contributed by atoms with Crippen molar-refractivity contribution in [3.63, 3.8) is 0 Å². The monoisotopic (exact) mass is 303 g/mol. The van der Waals surface area contributed by atoms with Crippen LogP contribution in [0.25, 0.3) is 0 Å². The third kappa shape index (κ3) is 4.38. The Hall–Kier alpha value is -2.24. The molecule has 0 unspecified atom stereocenters. The van der Waals surface area contributed by atoms with Crippen molar-refractivity contribution < 1.29 is 4.39 Å². The number of aryl methyl sites for hydroxylation is 1. The summed E-state index contributed by atoms with van der Waals surface area (Å²) < 4.78 is 14.0. The van der Waals surface area contributed by atoms with E-state index in [9.17, 15) is 4.39 Å². The summed E-state index contributed by atoms with van der Waals surface area (Å²) in [6.45, 7) is 3.56. The molecule has 0 atom stereocenters. The lowest BCUT2D eigenvalue weighted by molar-refractivity contribution is 0.206. The van der Waals surface area contributed by atoms with Crippen LogP contribution in [0.15, 0.2) is 30.3 Å². The van der Waals surface area contributed by atoms with Gasteiger partial charge < -0.3 is 10.6 Å². The van der Waals surface area contributed by atoms with Crippen LogP contribution in [0.1, 0.15) is 31.7 Å². The minimum absolute atomic E-state index is 0.0423. The maximum Gasteiger partial charge on any atom is 0.230 e. The van der Waals surface area contributed by atoms with Crippen molar-refractivity contribution in [2.75, 3.05) is 24.2 Å². The summed E-state index contributed by atoms with van der Waals surface area (Å²) in [5, 5.41) is 0. The third-order valence-corrected chi connectivity index (χ3v) is 3.32. The van der Waals surface area contributed by atoms with E-state index in [4.69, 9.17) is 5.73 Å². The van der Waals surface area contributed by atoms with Gasteiger partial charge >= 0.3 is 0 Å². The highest BCUT2D eigenvalue weighted by molar-refractivity contribution is 5.34. The second-order valence-corrected chi connectivity index (χ2v) is 5.80. The molecule has 0 saturated carbocycles. The molecule has 0 bridgehead atoms. The van der Waals surface area contributed by atoms with Gasteiger partial charge in [-0.15, -0.1) is 0 Å². The van der Waals surface area contributed by atoms with E-state index in [1.807, 2.05) is 30.1 Å². The zero-order chi connectivity index (χ0) is 16.2. The number of hydrogen-bond donors (Lipinski definition) is 1. The summed E-state index contributed by atoms with van der Waals surface area (Å²) >= 11 is 0. The Morgan fingerprint density at radius 3 is 2.45 bits per heavy atom. The van der Waals surface area contributed by atoms with E-state index in [-0.39, 0.29) is 11.8 Å². The minimum atomic E-state index is -1.64. The van der Waals surface area contributed by atoms with Gasteiger partial charge in [0.25, 0.3) is 0 Å². The molecule has 2 rings (SSSR count). The fraction of sp³-hybridized carbons (Fsp3) is 0.438. The van der Waals surface area contributed by atoms with Crippen molar-refractivity contribution in [2.45, 2.75) is 32.4 Å². The number of hydrogen-bond acceptors (Lipinski definition) is 5. The van der Waals surface area contributed by atoms with E-state index in [1.165, 1.54) is 19.4 Å². The largest absolute Gasteiger partial charge is 0.368 e. The predicted octanol–water partition coefficient (Wildman–Crippen LogP) is 2.73. The van der Waals surface area contributed by atoms with Crippen molar-refractivity contribution in [3.05, 3.63) is 41.7 Å². The van der Waals surface area contributed by atoms with E-state index in [1.54, 1.807) is 0 Å². The maximum absolute atomic E-state index is 14.0. The Morgan fingerprint density at radius 1 is 1.14 bits per heavy atom. The fourth-order valence-corrected chi connectivity index (χ4v) is 2.08. The van der Waals surface area contributed by atoms with Crippen LogP contribution < -0.4 is 10.6 Å². The van der Waals surface area contributed by atoms with Gasteiger partial charge in [0.1, 0.15) is 0 Å². The first-order valence-electron chi connectivity index (χ1n) is 7.32. The standard InChI is InChI=1S/C16H22FN5/c1-16(2,17)13-19-14(18)21-15(20-13)22(3)11-7-10-12-8-5-4-6-9-12/h4-6,8-9H,7,10-11H2,1-3H3,(H2,18,19,20,21). The van der Waals surface area contributed by atoms with E-state index >= 15 is 0 Å². The van der Waals surface area contributed by atoms with Gasteiger partial charge in [0, 0.05) is 13.6 Å². The van der Waals surface area contributed by atoms with Crippen LogP contribution in [-0.4, -0.2) is 28.5 Å². The zero-order valence-corrected chi connectivity index (χ0v) is 13.3. The van der Waals surface area contributed by atoms with Crippen LogP contribution in [0.3, 0.4) is 0 Å². The smallest absolute Gasteiger partial charge is 0.230 e. The molecule has 0 aliphatic rings. The number of nitrogens with zero attached hydrogens (tertiary/aromatic N) is 4. The Morgan fingerprint density at radius 2 is 1.82 bits per heavy atom. The molecule has 2 aromatic rings. The molecular formula is C16H22FN5. The van der Waals surface area contributed by atoms with Crippen molar-refractivity contribution in [2.24, 2.45) is 0 Å². The Balaban J connectivity index is 2.00. The number of benzene rings is 1. The quantitative estimate of drug-likeness (QED) is 0.888. The van der Waals surface area contributed by atoms with Crippen LogP contribution in [0.4, 0.5) is 16.3 Å². The SMILES string of the molecule is CN(CCCc1ccccc1)c1nc(N)nc(C(C)(C)F)n1. The number of halogens is 1. The van der Waals surface area contributed by atoms with Gasteiger partial charge in [-0.3, -0.25) is 0 Å². The third-order valence-electron chi connectivity index (χ3n) is 3.32. The van der Waals surface area contributed by atoms with Crippen molar-refractivity contribution >= 4 is 11.9 Å². The highest BCUT2D eigenvalue weighted by Crippen LogP contribution is 2.22. The second kappa shape index (κ2) is 6.68. The molecule has 0 saturated heterocycles. The molecule has 118 valence electrons. The molecule has 22 heavy (non-hydrogen) atoms. The molecule has 6 heteroatoms. The van der Waals surface area contributed by atoms with Gasteiger partial charge in [-0.25, -0.2) is 4.39 Å². The maximum atomic E-state index is 14.0. The summed E-state index contributed by atoms with van der Waals surface area (Å²) in [5.74, 6) is 0.506. The van der Waals surface area contributed by atoms with E-state index < -0.39 is 5.67 Å². The molecule has 0 fully saturated rings. The van der Waals surface area contributed by atoms with Gasteiger partial charge in [-0.2, -0.15) is 15.0 Å². The van der Waals surface area contributed by atoms with Gasteiger partial charge in [0.2, 0.25) is 11.9 Å². The topological polar surface area (TPSA) is 67.9 Å². The number of rotatable bonds is 6. The van der Waals surface area contributed by atoms with Gasteiger partial charge in [0.05, 0.1) is 0 Å². The molecule has 2 N–H and O–H groups in total. The average Bonchev–Trinajstić information content (AvgIpc) is 2.46. The molecule has 0 aliphatic carbocycles. The van der Waals surface area contributed by atoms with E-state index in [0.29, 0.717) is 5.95 Å². The molecular weight excluding hydrogens is 281 g/mol. The zero-order valence-electron chi connectivity index (χ0n) is 13.3. The molecule has 1 aromatic heterocycles. The summed E-state index contributed by atoms with van der Waals surface area (Å²) in [7, 11) is 1.87. The Bertz CT molecular complexity index is 610. The van der Waals surface area contributed by atoms with E-state index in [2.05, 4.69) is 27.1 Å². The molecule has 0 radical (unpaired) electrons. The average molecular weight is 303 g/mol. The summed E-state index contributed by atoms with van der Waals surface area (Å²) in [6.07, 6.45) is 1.91. The van der Waals surface area contributed by atoms with Crippen LogP contribution in [-0.2, 0) is 12.1 Å². The summed E-state index contributed by atoms with van der Waals surface area (Å²) in [6, 6.07) is 10.3. The minimum Gasteiger partial charge on any atom is -0.368 e. The predicted molar refractivity (Wildman–Crippen MR) is 86.4 cm³/mol. The molecule has 5 nitrogen and oxygen atoms in total. The van der Waals surface area contributed by atoms with Gasteiger partial charge in [0.15, 0.2) is 11.5 Å². The van der Waals surface area contributed by atoms with Crippen molar-refractivity contribution in [3.8, 4) is 0 Å². The van der Waals surface area contributed by atoms with Crippen LogP contribution in [0.2, 0.25) is 0 Å². The number of nitrogens with two attached hydrogens (primary N) is 1. The molecule has 1 heterocycles. The fourth-order valence-electron chi connectivity index (χ4n) is 2.08. The number of nitrogen functional groups attached to an aromatic ring is 1. The Labute approximate surface area is 130 Å². The van der Waals surface area contributed by atoms with Crippen molar-refractivity contribution in [1.82, 2.24) is 15.0 Å². The van der Waals surface area contributed by atoms with Crippen LogP contribution in [0.5, 0.6) is 0 Å². The lowest BCUT2D eigenvalue weighted by Crippen LogP contribution is -2.25. The Kier molecular flexibility index (Phi) is 4.90. The highest BCUT2D eigenvalue weighted by atomic mass is 19.1. The molecule has 0 spiro atoms. The lowest BCUT2D eigenvalue weighted by atomic mass is 10.1. The number of aromatic nitrogens is 3. The first-order chi connectivity index (χ1) is 10.4. The molecule has 0 amide bonds. The van der Waals surface area contributed by atoms with Crippen molar-refractivity contribution in [1.29, 1.82) is 0 Å². The summed E-state index contributed by atoms with van der Waals surface area (Å²) in [4.78, 5) is 14.0. The van der Waals surface area contributed by atoms with Crippen LogP contribution >= 0.6 is 0 Å². The normalized spacial score (nSPS) is 11.5.